The average Bonchev–Trinajstić information content (AvgIpc) is 3.36. The first-order valence-electron chi connectivity index (χ1n) is 12.4. The van der Waals surface area contributed by atoms with E-state index in [1.165, 1.54) is 29.5 Å². The van der Waals surface area contributed by atoms with Crippen molar-refractivity contribution in [3.8, 4) is 21.8 Å². The van der Waals surface area contributed by atoms with E-state index >= 15 is 4.39 Å². The fourth-order valence-electron chi connectivity index (χ4n) is 3.62. The molecule has 0 aliphatic rings. The van der Waals surface area contributed by atoms with Crippen molar-refractivity contribution in [1.29, 1.82) is 0 Å². The highest BCUT2D eigenvalue weighted by Gasteiger charge is 2.23. The Morgan fingerprint density at radius 2 is 1.83 bits per heavy atom. The van der Waals surface area contributed by atoms with Crippen molar-refractivity contribution >= 4 is 44.0 Å². The van der Waals surface area contributed by atoms with Gasteiger partial charge in [0.1, 0.15) is 11.6 Å². The van der Waals surface area contributed by atoms with E-state index in [0.29, 0.717) is 35.2 Å². The lowest BCUT2D eigenvalue weighted by molar-refractivity contribution is 0.572. The van der Waals surface area contributed by atoms with Crippen LogP contribution in [0.5, 0.6) is 0 Å². The van der Waals surface area contributed by atoms with E-state index < -0.39 is 43.4 Å². The van der Waals surface area contributed by atoms with Gasteiger partial charge in [0.15, 0.2) is 16.8 Å². The smallest absolute Gasteiger partial charge is 0.223 e. The van der Waals surface area contributed by atoms with Gasteiger partial charge in [0.2, 0.25) is 16.0 Å². The first kappa shape index (κ1) is 30.6. The number of halogens is 3. The second kappa shape index (κ2) is 13.1. The summed E-state index contributed by atoms with van der Waals surface area (Å²) in [6, 6.07) is 8.60. The fourth-order valence-corrected chi connectivity index (χ4v) is 6.12. The molecular formula is C26H27F3N6O3S3. The molecule has 0 amide bonds. The second-order valence-electron chi connectivity index (χ2n) is 9.21. The van der Waals surface area contributed by atoms with E-state index in [4.69, 9.17) is 0 Å². The van der Waals surface area contributed by atoms with Gasteiger partial charge in [-0.15, -0.1) is 11.3 Å². The average molecular weight is 625 g/mol. The predicted octanol–water partition coefficient (Wildman–Crippen LogP) is 5.29. The molecule has 3 N–H and O–H groups in total. The standard InChI is InChI=1S/C26H27F3N6O3S3/c1-15(2)25-34-23(24(39-25)20-10-13-31-26(33-20)30-11-5-12-32-41(3,37)38)17-6-4-7-19(22(17)29)35-40(36)21-14-16(27)8-9-18(21)28/h4,6-10,13-15,32,35H,5,11-12H2,1-3H3,(H,30,31,33). The SMILES string of the molecule is CC(C)c1nc(-c2cccc(NS(=O)c3cc(F)ccc3F)c2F)c(-c2ccnc(NCCCNS(C)(=O)=O)n2)s1. The molecule has 1 unspecified atom stereocenters. The molecule has 41 heavy (non-hydrogen) atoms. The Labute approximate surface area is 242 Å². The molecule has 4 rings (SSSR count). The summed E-state index contributed by atoms with van der Waals surface area (Å²) in [5.74, 6) is -2.11. The molecule has 4 aromatic rings. The highest BCUT2D eigenvalue weighted by molar-refractivity contribution is 7.88. The van der Waals surface area contributed by atoms with Crippen LogP contribution in [0.25, 0.3) is 21.8 Å². The van der Waals surface area contributed by atoms with Gasteiger partial charge < -0.3 is 5.32 Å². The van der Waals surface area contributed by atoms with E-state index in [-0.39, 0.29) is 23.7 Å². The lowest BCUT2D eigenvalue weighted by atomic mass is 10.1. The third-order valence-corrected chi connectivity index (χ3v) is 8.80. The number of rotatable bonds is 12. The zero-order valence-electron chi connectivity index (χ0n) is 22.2. The van der Waals surface area contributed by atoms with Crippen molar-refractivity contribution in [3.05, 3.63) is 71.1 Å². The van der Waals surface area contributed by atoms with Crippen LogP contribution in [0.3, 0.4) is 0 Å². The Balaban J connectivity index is 1.63. The topological polar surface area (TPSA) is 126 Å². The molecule has 0 saturated carbocycles. The summed E-state index contributed by atoms with van der Waals surface area (Å²) in [7, 11) is -5.56. The lowest BCUT2D eigenvalue weighted by Crippen LogP contribution is -2.24. The Kier molecular flexibility index (Phi) is 9.73. The van der Waals surface area contributed by atoms with E-state index in [1.807, 2.05) is 13.8 Å². The summed E-state index contributed by atoms with van der Waals surface area (Å²) in [4.78, 5) is 13.6. The van der Waals surface area contributed by atoms with Gasteiger partial charge in [0.25, 0.3) is 0 Å². The summed E-state index contributed by atoms with van der Waals surface area (Å²) in [6.45, 7) is 4.57. The number of thiazole rings is 1. The number of nitrogens with one attached hydrogen (secondary N) is 3. The first-order valence-corrected chi connectivity index (χ1v) is 16.2. The molecule has 2 heterocycles. The van der Waals surface area contributed by atoms with Gasteiger partial charge in [-0.3, -0.25) is 4.72 Å². The normalized spacial score (nSPS) is 12.5. The maximum absolute atomic E-state index is 15.8. The minimum absolute atomic E-state index is 0.0297. The van der Waals surface area contributed by atoms with E-state index in [1.54, 1.807) is 12.3 Å². The van der Waals surface area contributed by atoms with Gasteiger partial charge in [-0.05, 0) is 42.8 Å². The zero-order valence-corrected chi connectivity index (χ0v) is 24.7. The van der Waals surface area contributed by atoms with E-state index in [0.717, 1.165) is 29.5 Å². The van der Waals surface area contributed by atoms with E-state index in [9.17, 15) is 21.4 Å². The molecule has 0 aliphatic carbocycles. The van der Waals surface area contributed by atoms with Crippen LogP contribution in [0, 0.1) is 17.5 Å². The molecule has 0 saturated heterocycles. The third-order valence-electron chi connectivity index (χ3n) is 5.58. The number of aromatic nitrogens is 3. The van der Waals surface area contributed by atoms with Crippen LogP contribution in [0.4, 0.5) is 24.8 Å². The molecule has 15 heteroatoms. The number of anilines is 2. The minimum atomic E-state index is -3.28. The van der Waals surface area contributed by atoms with Gasteiger partial charge in [0, 0.05) is 30.8 Å². The third kappa shape index (κ3) is 7.87. The monoisotopic (exact) mass is 624 g/mol. The largest absolute Gasteiger partial charge is 0.354 e. The second-order valence-corrected chi connectivity index (χ2v) is 13.3. The van der Waals surface area contributed by atoms with Crippen molar-refractivity contribution in [1.82, 2.24) is 19.7 Å². The van der Waals surface area contributed by atoms with Gasteiger partial charge in [-0.25, -0.2) is 45.5 Å². The molecule has 9 nitrogen and oxygen atoms in total. The van der Waals surface area contributed by atoms with Gasteiger partial charge in [-0.2, -0.15) is 0 Å². The maximum atomic E-state index is 15.8. The summed E-state index contributed by atoms with van der Waals surface area (Å²) >= 11 is 1.34. The Hall–Kier alpha value is -3.40. The van der Waals surface area contributed by atoms with Crippen molar-refractivity contribution < 1.29 is 25.8 Å². The first-order chi connectivity index (χ1) is 19.4. The lowest BCUT2D eigenvalue weighted by Gasteiger charge is -2.11. The molecular weight excluding hydrogens is 598 g/mol. The van der Waals surface area contributed by atoms with Crippen LogP contribution in [-0.2, 0) is 21.0 Å². The summed E-state index contributed by atoms with van der Waals surface area (Å²) in [6.07, 6.45) is 3.13. The van der Waals surface area contributed by atoms with E-state index in [2.05, 4.69) is 29.7 Å². The van der Waals surface area contributed by atoms with Crippen LogP contribution in [0.15, 0.2) is 53.6 Å². The van der Waals surface area contributed by atoms with Crippen LogP contribution >= 0.6 is 11.3 Å². The minimum Gasteiger partial charge on any atom is -0.354 e. The Morgan fingerprint density at radius 1 is 1.05 bits per heavy atom. The van der Waals surface area contributed by atoms with Crippen molar-refractivity contribution in [2.24, 2.45) is 0 Å². The molecule has 0 bridgehead atoms. The highest BCUT2D eigenvalue weighted by Crippen LogP contribution is 2.40. The molecule has 2 aromatic carbocycles. The number of hydrogen-bond donors (Lipinski definition) is 3. The van der Waals surface area contributed by atoms with Crippen LogP contribution < -0.4 is 14.8 Å². The predicted molar refractivity (Wildman–Crippen MR) is 155 cm³/mol. The molecule has 0 fully saturated rings. The molecule has 0 spiro atoms. The quantitative estimate of drug-likeness (QED) is 0.183. The van der Waals surface area contributed by atoms with Gasteiger partial charge >= 0.3 is 0 Å². The fraction of sp³-hybridized carbons (Fsp3) is 0.269. The molecule has 0 radical (unpaired) electrons. The summed E-state index contributed by atoms with van der Waals surface area (Å²) < 4.78 is 83.6. The van der Waals surface area contributed by atoms with Crippen molar-refractivity contribution in [2.45, 2.75) is 31.1 Å². The number of sulfonamides is 1. The van der Waals surface area contributed by atoms with Crippen molar-refractivity contribution in [2.75, 3.05) is 29.4 Å². The molecule has 1 atom stereocenters. The summed E-state index contributed by atoms with van der Waals surface area (Å²) in [5.41, 5.74) is 0.719. The molecule has 0 aliphatic heterocycles. The van der Waals surface area contributed by atoms with Crippen molar-refractivity contribution in [3.63, 3.8) is 0 Å². The van der Waals surface area contributed by atoms with Crippen LogP contribution in [-0.4, -0.2) is 46.9 Å². The van der Waals surface area contributed by atoms with Gasteiger partial charge in [0.05, 0.1) is 38.1 Å². The number of benzene rings is 2. The molecule has 2 aromatic heterocycles. The van der Waals surface area contributed by atoms with Crippen LogP contribution in [0.2, 0.25) is 0 Å². The Morgan fingerprint density at radius 3 is 2.56 bits per heavy atom. The zero-order chi connectivity index (χ0) is 29.7. The van der Waals surface area contributed by atoms with Gasteiger partial charge in [-0.1, -0.05) is 19.9 Å². The Bertz CT molecular complexity index is 1680. The maximum Gasteiger partial charge on any atom is 0.223 e. The highest BCUT2D eigenvalue weighted by atomic mass is 32.2. The number of nitrogens with zero attached hydrogens (tertiary/aromatic N) is 3. The summed E-state index contributed by atoms with van der Waals surface area (Å²) in [5, 5.41) is 3.78. The molecule has 218 valence electrons. The van der Waals surface area contributed by atoms with Crippen LogP contribution in [0.1, 0.15) is 31.2 Å². The number of hydrogen-bond acceptors (Lipinski definition) is 8.